The van der Waals surface area contributed by atoms with Crippen molar-refractivity contribution in [3.8, 4) is 0 Å². The van der Waals surface area contributed by atoms with E-state index in [9.17, 15) is 0 Å². The molecule has 66 valence electrons. The van der Waals surface area contributed by atoms with Gasteiger partial charge in [-0.1, -0.05) is 13.3 Å². The largest absolute Gasteiger partial charge is 0.381 e. The Bertz CT molecular complexity index is 110. The van der Waals surface area contributed by atoms with E-state index in [-0.39, 0.29) is 5.54 Å². The monoisotopic (exact) mass is 157 g/mol. The second-order valence-electron chi connectivity index (χ2n) is 3.58. The SMILES string of the molecule is CCCCOCCC1(N)CC1. The van der Waals surface area contributed by atoms with Crippen LogP contribution in [0.3, 0.4) is 0 Å². The number of nitrogens with two attached hydrogens (primary N) is 1. The van der Waals surface area contributed by atoms with Gasteiger partial charge in [-0.15, -0.1) is 0 Å². The van der Waals surface area contributed by atoms with Crippen molar-refractivity contribution < 1.29 is 4.74 Å². The molecule has 2 nitrogen and oxygen atoms in total. The Kier molecular flexibility index (Phi) is 3.34. The van der Waals surface area contributed by atoms with Gasteiger partial charge >= 0.3 is 0 Å². The predicted octanol–water partition coefficient (Wildman–Crippen LogP) is 1.68. The predicted molar refractivity (Wildman–Crippen MR) is 46.5 cm³/mol. The minimum Gasteiger partial charge on any atom is -0.381 e. The molecule has 0 aromatic heterocycles. The molecule has 0 bridgehead atoms. The van der Waals surface area contributed by atoms with Crippen LogP contribution in [-0.2, 0) is 4.74 Å². The molecule has 0 aromatic rings. The first-order chi connectivity index (χ1) is 5.27. The Morgan fingerprint density at radius 3 is 2.64 bits per heavy atom. The first-order valence-electron chi connectivity index (χ1n) is 4.63. The molecule has 11 heavy (non-hydrogen) atoms. The third-order valence-electron chi connectivity index (χ3n) is 2.28. The number of unbranched alkanes of at least 4 members (excludes halogenated alkanes) is 1. The summed E-state index contributed by atoms with van der Waals surface area (Å²) in [5, 5.41) is 0. The average Bonchev–Trinajstić information content (AvgIpc) is 2.69. The van der Waals surface area contributed by atoms with E-state index in [1.165, 1.54) is 25.7 Å². The van der Waals surface area contributed by atoms with Crippen molar-refractivity contribution in [2.75, 3.05) is 13.2 Å². The molecule has 0 radical (unpaired) electrons. The molecule has 1 aliphatic carbocycles. The van der Waals surface area contributed by atoms with Crippen LogP contribution in [0.15, 0.2) is 0 Å². The third kappa shape index (κ3) is 3.73. The maximum atomic E-state index is 5.88. The summed E-state index contributed by atoms with van der Waals surface area (Å²) >= 11 is 0. The highest BCUT2D eigenvalue weighted by molar-refractivity contribution is 4.98. The van der Waals surface area contributed by atoms with Gasteiger partial charge in [-0.2, -0.15) is 0 Å². The molecule has 1 aliphatic rings. The molecule has 0 aliphatic heterocycles. The molecule has 0 unspecified atom stereocenters. The first-order valence-corrected chi connectivity index (χ1v) is 4.63. The normalized spacial score (nSPS) is 20.2. The lowest BCUT2D eigenvalue weighted by molar-refractivity contribution is 0.122. The Morgan fingerprint density at radius 2 is 2.09 bits per heavy atom. The van der Waals surface area contributed by atoms with Gasteiger partial charge in [0.25, 0.3) is 0 Å². The van der Waals surface area contributed by atoms with E-state index in [1.807, 2.05) is 0 Å². The van der Waals surface area contributed by atoms with Crippen LogP contribution in [0, 0.1) is 0 Å². The van der Waals surface area contributed by atoms with E-state index >= 15 is 0 Å². The zero-order chi connectivity index (χ0) is 8.16. The van der Waals surface area contributed by atoms with E-state index in [0.29, 0.717) is 0 Å². The van der Waals surface area contributed by atoms with Crippen LogP contribution in [0.2, 0.25) is 0 Å². The van der Waals surface area contributed by atoms with Gasteiger partial charge in [0.2, 0.25) is 0 Å². The minimum atomic E-state index is 0.173. The second-order valence-corrected chi connectivity index (χ2v) is 3.58. The summed E-state index contributed by atoms with van der Waals surface area (Å²) in [6, 6.07) is 0. The number of ether oxygens (including phenoxy) is 1. The van der Waals surface area contributed by atoms with Gasteiger partial charge in [-0.3, -0.25) is 0 Å². The highest BCUT2D eigenvalue weighted by Gasteiger charge is 2.37. The second kappa shape index (κ2) is 4.07. The highest BCUT2D eigenvalue weighted by atomic mass is 16.5. The van der Waals surface area contributed by atoms with Gasteiger partial charge in [0, 0.05) is 18.8 Å². The summed E-state index contributed by atoms with van der Waals surface area (Å²) < 4.78 is 5.41. The molecular weight excluding hydrogens is 138 g/mol. The molecule has 1 fully saturated rings. The Morgan fingerprint density at radius 1 is 1.36 bits per heavy atom. The van der Waals surface area contributed by atoms with Gasteiger partial charge in [0.15, 0.2) is 0 Å². The Labute approximate surface area is 69.1 Å². The smallest absolute Gasteiger partial charge is 0.0483 e. The van der Waals surface area contributed by atoms with Gasteiger partial charge in [-0.05, 0) is 25.7 Å². The zero-order valence-corrected chi connectivity index (χ0v) is 7.44. The van der Waals surface area contributed by atoms with Gasteiger partial charge in [0.05, 0.1) is 0 Å². The molecule has 1 rings (SSSR count). The topological polar surface area (TPSA) is 35.2 Å². The highest BCUT2D eigenvalue weighted by Crippen LogP contribution is 2.35. The molecule has 0 amide bonds. The molecular formula is C9H19NO. The Balaban J connectivity index is 1.81. The van der Waals surface area contributed by atoms with Gasteiger partial charge in [-0.25, -0.2) is 0 Å². The lowest BCUT2D eigenvalue weighted by Gasteiger charge is -2.07. The molecule has 1 saturated carbocycles. The summed E-state index contributed by atoms with van der Waals surface area (Å²) in [6.45, 7) is 3.94. The van der Waals surface area contributed by atoms with Gasteiger partial charge in [0.1, 0.15) is 0 Å². The van der Waals surface area contributed by atoms with Crippen molar-refractivity contribution in [3.05, 3.63) is 0 Å². The first kappa shape index (κ1) is 9.01. The fourth-order valence-electron chi connectivity index (χ4n) is 1.03. The molecule has 2 heteroatoms. The summed E-state index contributed by atoms with van der Waals surface area (Å²) in [7, 11) is 0. The van der Waals surface area contributed by atoms with Crippen molar-refractivity contribution in [2.24, 2.45) is 5.73 Å². The fourth-order valence-corrected chi connectivity index (χ4v) is 1.03. The lowest BCUT2D eigenvalue weighted by Crippen LogP contribution is -2.23. The molecule has 0 aromatic carbocycles. The van der Waals surface area contributed by atoms with Crippen LogP contribution >= 0.6 is 0 Å². The summed E-state index contributed by atoms with van der Waals surface area (Å²) in [5.41, 5.74) is 6.05. The molecule has 0 spiro atoms. The maximum Gasteiger partial charge on any atom is 0.0483 e. The van der Waals surface area contributed by atoms with Crippen LogP contribution in [0.4, 0.5) is 0 Å². The van der Waals surface area contributed by atoms with E-state index in [0.717, 1.165) is 19.6 Å². The number of rotatable bonds is 6. The zero-order valence-electron chi connectivity index (χ0n) is 7.44. The van der Waals surface area contributed by atoms with E-state index in [1.54, 1.807) is 0 Å². The quantitative estimate of drug-likeness (QED) is 0.595. The molecule has 0 saturated heterocycles. The van der Waals surface area contributed by atoms with Crippen molar-refractivity contribution in [2.45, 2.75) is 44.6 Å². The van der Waals surface area contributed by atoms with Crippen molar-refractivity contribution >= 4 is 0 Å². The maximum absolute atomic E-state index is 5.88. The van der Waals surface area contributed by atoms with E-state index in [4.69, 9.17) is 10.5 Å². The molecule has 2 N–H and O–H groups in total. The summed E-state index contributed by atoms with van der Waals surface area (Å²) in [6.07, 6.45) is 5.84. The van der Waals surface area contributed by atoms with Crippen LogP contribution < -0.4 is 5.73 Å². The van der Waals surface area contributed by atoms with E-state index < -0.39 is 0 Å². The minimum absolute atomic E-state index is 0.173. The lowest BCUT2D eigenvalue weighted by atomic mass is 10.2. The van der Waals surface area contributed by atoms with Crippen molar-refractivity contribution in [1.82, 2.24) is 0 Å². The van der Waals surface area contributed by atoms with Crippen LogP contribution in [0.1, 0.15) is 39.0 Å². The summed E-state index contributed by atoms with van der Waals surface area (Å²) in [5.74, 6) is 0. The van der Waals surface area contributed by atoms with E-state index in [2.05, 4.69) is 6.92 Å². The van der Waals surface area contributed by atoms with Gasteiger partial charge < -0.3 is 10.5 Å². The van der Waals surface area contributed by atoms with Crippen LogP contribution in [0.5, 0.6) is 0 Å². The van der Waals surface area contributed by atoms with Crippen molar-refractivity contribution in [3.63, 3.8) is 0 Å². The number of hydrogen-bond acceptors (Lipinski definition) is 2. The van der Waals surface area contributed by atoms with Crippen molar-refractivity contribution in [1.29, 1.82) is 0 Å². The third-order valence-corrected chi connectivity index (χ3v) is 2.28. The number of hydrogen-bond donors (Lipinski definition) is 1. The van der Waals surface area contributed by atoms with Crippen LogP contribution in [0.25, 0.3) is 0 Å². The fraction of sp³-hybridized carbons (Fsp3) is 1.00. The Hall–Kier alpha value is -0.0800. The molecule has 0 heterocycles. The van der Waals surface area contributed by atoms with Crippen LogP contribution in [-0.4, -0.2) is 18.8 Å². The summed E-state index contributed by atoms with van der Waals surface area (Å²) in [4.78, 5) is 0. The standard InChI is InChI=1S/C9H19NO/c1-2-3-7-11-8-6-9(10)4-5-9/h2-8,10H2,1H3. The molecule has 0 atom stereocenters. The average molecular weight is 157 g/mol.